The number of hydrogen-bond donors (Lipinski definition) is 1. The fourth-order valence-corrected chi connectivity index (χ4v) is 1.82. The van der Waals surface area contributed by atoms with Gasteiger partial charge in [0.1, 0.15) is 0 Å². The monoisotopic (exact) mass is 170 g/mol. The molecule has 0 bridgehead atoms. The molecule has 1 aliphatic heterocycles. The molecule has 0 radical (unpaired) electrons. The molecule has 0 aliphatic carbocycles. The van der Waals surface area contributed by atoms with E-state index in [2.05, 4.69) is 31.1 Å². The zero-order valence-electron chi connectivity index (χ0n) is 8.64. The Morgan fingerprint density at radius 3 is 2.83 bits per heavy atom. The molecule has 1 N–H and O–H groups in total. The van der Waals surface area contributed by atoms with Crippen LogP contribution in [0.1, 0.15) is 33.1 Å². The molecule has 1 heterocycles. The zero-order chi connectivity index (χ0) is 8.97. The smallest absolute Gasteiger partial charge is 0.00940 e. The van der Waals surface area contributed by atoms with Crippen molar-refractivity contribution in [3.05, 3.63) is 0 Å². The first-order valence-corrected chi connectivity index (χ1v) is 5.17. The average Bonchev–Trinajstić information content (AvgIpc) is 2.07. The van der Waals surface area contributed by atoms with E-state index in [0.717, 1.165) is 12.1 Å². The average molecular weight is 170 g/mol. The molecular weight excluding hydrogens is 148 g/mol. The predicted molar refractivity (Wildman–Crippen MR) is 53.4 cm³/mol. The minimum Gasteiger partial charge on any atom is -0.314 e. The van der Waals surface area contributed by atoms with Gasteiger partial charge >= 0.3 is 0 Å². The molecule has 0 amide bonds. The van der Waals surface area contributed by atoms with Crippen LogP contribution in [-0.2, 0) is 0 Å². The summed E-state index contributed by atoms with van der Waals surface area (Å²) in [7, 11) is 2.22. The lowest BCUT2D eigenvalue weighted by Gasteiger charge is -2.35. The summed E-state index contributed by atoms with van der Waals surface area (Å²) in [6.07, 6.45) is 3.89. The first-order chi connectivity index (χ1) is 5.74. The van der Waals surface area contributed by atoms with Crippen LogP contribution < -0.4 is 5.32 Å². The first kappa shape index (κ1) is 10.0. The number of nitrogens with one attached hydrogen (secondary N) is 1. The van der Waals surface area contributed by atoms with E-state index in [4.69, 9.17) is 0 Å². The predicted octanol–water partition coefficient (Wildman–Crippen LogP) is 1.47. The van der Waals surface area contributed by atoms with Gasteiger partial charge in [-0.15, -0.1) is 0 Å². The highest BCUT2D eigenvalue weighted by Crippen LogP contribution is 2.14. The highest BCUT2D eigenvalue weighted by atomic mass is 15.1. The van der Waals surface area contributed by atoms with Gasteiger partial charge in [0.05, 0.1) is 0 Å². The highest BCUT2D eigenvalue weighted by Gasteiger charge is 2.21. The van der Waals surface area contributed by atoms with Crippen LogP contribution in [0.4, 0.5) is 0 Å². The van der Waals surface area contributed by atoms with Gasteiger partial charge in [-0.1, -0.05) is 6.92 Å². The summed E-state index contributed by atoms with van der Waals surface area (Å²) in [6, 6.07) is 1.53. The molecule has 0 spiro atoms. The molecule has 2 atom stereocenters. The van der Waals surface area contributed by atoms with Gasteiger partial charge in [-0.3, -0.25) is 0 Å². The SMILES string of the molecule is CCCNC1CCN(C)C(C)C1. The Hall–Kier alpha value is -0.0800. The van der Waals surface area contributed by atoms with Gasteiger partial charge in [0.25, 0.3) is 0 Å². The van der Waals surface area contributed by atoms with Crippen LogP contribution in [0.2, 0.25) is 0 Å². The van der Waals surface area contributed by atoms with Crippen molar-refractivity contribution in [2.24, 2.45) is 0 Å². The maximum Gasteiger partial charge on any atom is 0.00940 e. The van der Waals surface area contributed by atoms with Gasteiger partial charge in [0, 0.05) is 12.1 Å². The maximum absolute atomic E-state index is 3.60. The van der Waals surface area contributed by atoms with E-state index in [1.54, 1.807) is 0 Å². The van der Waals surface area contributed by atoms with Gasteiger partial charge < -0.3 is 10.2 Å². The summed E-state index contributed by atoms with van der Waals surface area (Å²) in [5, 5.41) is 3.60. The van der Waals surface area contributed by atoms with Gasteiger partial charge in [0.15, 0.2) is 0 Å². The van der Waals surface area contributed by atoms with Crippen molar-refractivity contribution in [1.29, 1.82) is 0 Å². The molecule has 0 aromatic rings. The summed E-state index contributed by atoms with van der Waals surface area (Å²) in [5.74, 6) is 0. The third-order valence-corrected chi connectivity index (χ3v) is 2.89. The van der Waals surface area contributed by atoms with Crippen LogP contribution >= 0.6 is 0 Å². The Morgan fingerprint density at radius 1 is 1.50 bits per heavy atom. The Balaban J connectivity index is 2.21. The number of hydrogen-bond acceptors (Lipinski definition) is 2. The first-order valence-electron chi connectivity index (χ1n) is 5.17. The topological polar surface area (TPSA) is 15.3 Å². The van der Waals surface area contributed by atoms with Crippen molar-refractivity contribution in [2.75, 3.05) is 20.1 Å². The lowest BCUT2D eigenvalue weighted by atomic mass is 9.99. The second-order valence-corrected chi connectivity index (χ2v) is 4.01. The normalized spacial score (nSPS) is 32.2. The number of nitrogens with zero attached hydrogens (tertiary/aromatic N) is 1. The number of rotatable bonds is 3. The molecule has 12 heavy (non-hydrogen) atoms. The third kappa shape index (κ3) is 2.76. The van der Waals surface area contributed by atoms with Crippen molar-refractivity contribution in [1.82, 2.24) is 10.2 Å². The minimum absolute atomic E-state index is 0.758. The van der Waals surface area contributed by atoms with Crippen LogP contribution in [-0.4, -0.2) is 37.1 Å². The van der Waals surface area contributed by atoms with Gasteiger partial charge in [-0.05, 0) is 46.3 Å². The minimum atomic E-state index is 0.758. The number of likely N-dealkylation sites (tertiary alicyclic amines) is 1. The Labute approximate surface area is 76.3 Å². The van der Waals surface area contributed by atoms with Crippen LogP contribution in [0.3, 0.4) is 0 Å². The molecule has 72 valence electrons. The maximum atomic E-state index is 3.60. The van der Waals surface area contributed by atoms with Crippen molar-refractivity contribution in [3.8, 4) is 0 Å². The summed E-state index contributed by atoms with van der Waals surface area (Å²) in [4.78, 5) is 2.45. The molecule has 2 unspecified atom stereocenters. The summed E-state index contributed by atoms with van der Waals surface area (Å²) in [5.41, 5.74) is 0. The fourth-order valence-electron chi connectivity index (χ4n) is 1.82. The zero-order valence-corrected chi connectivity index (χ0v) is 8.64. The second-order valence-electron chi connectivity index (χ2n) is 4.01. The quantitative estimate of drug-likeness (QED) is 0.690. The van der Waals surface area contributed by atoms with Gasteiger partial charge in [-0.25, -0.2) is 0 Å². The molecule has 0 aromatic heterocycles. The summed E-state index contributed by atoms with van der Waals surface area (Å²) >= 11 is 0. The standard InChI is InChI=1S/C10H22N2/c1-4-6-11-10-5-7-12(3)9(2)8-10/h9-11H,4-8H2,1-3H3. The van der Waals surface area contributed by atoms with E-state index in [0.29, 0.717) is 0 Å². The molecule has 0 aromatic carbocycles. The van der Waals surface area contributed by atoms with E-state index < -0.39 is 0 Å². The van der Waals surface area contributed by atoms with Gasteiger partial charge in [-0.2, -0.15) is 0 Å². The van der Waals surface area contributed by atoms with Crippen LogP contribution in [0.5, 0.6) is 0 Å². The Bertz CT molecular complexity index is 123. The van der Waals surface area contributed by atoms with Crippen LogP contribution in [0, 0.1) is 0 Å². The van der Waals surface area contributed by atoms with E-state index in [1.807, 2.05) is 0 Å². The largest absolute Gasteiger partial charge is 0.314 e. The van der Waals surface area contributed by atoms with E-state index in [-0.39, 0.29) is 0 Å². The molecule has 1 aliphatic rings. The highest BCUT2D eigenvalue weighted by molar-refractivity contribution is 4.80. The van der Waals surface area contributed by atoms with E-state index >= 15 is 0 Å². The molecule has 2 nitrogen and oxygen atoms in total. The summed E-state index contributed by atoms with van der Waals surface area (Å²) < 4.78 is 0. The lowest BCUT2D eigenvalue weighted by Crippen LogP contribution is -2.45. The second kappa shape index (κ2) is 4.83. The van der Waals surface area contributed by atoms with Crippen molar-refractivity contribution >= 4 is 0 Å². The third-order valence-electron chi connectivity index (χ3n) is 2.89. The molecule has 0 saturated carbocycles. The van der Waals surface area contributed by atoms with Gasteiger partial charge in [0.2, 0.25) is 0 Å². The molecule has 1 rings (SSSR count). The number of piperidine rings is 1. The van der Waals surface area contributed by atoms with E-state index in [9.17, 15) is 0 Å². The fraction of sp³-hybridized carbons (Fsp3) is 1.00. The Kier molecular flexibility index (Phi) is 4.02. The molecule has 1 saturated heterocycles. The van der Waals surface area contributed by atoms with Crippen molar-refractivity contribution in [3.63, 3.8) is 0 Å². The van der Waals surface area contributed by atoms with Crippen molar-refractivity contribution in [2.45, 2.75) is 45.2 Å². The molecular formula is C10H22N2. The molecule has 2 heteroatoms. The Morgan fingerprint density at radius 2 is 2.25 bits per heavy atom. The molecule has 1 fully saturated rings. The van der Waals surface area contributed by atoms with Crippen molar-refractivity contribution < 1.29 is 0 Å². The summed E-state index contributed by atoms with van der Waals surface area (Å²) in [6.45, 7) is 6.98. The van der Waals surface area contributed by atoms with E-state index in [1.165, 1.54) is 32.4 Å². The van der Waals surface area contributed by atoms with Crippen LogP contribution in [0.25, 0.3) is 0 Å². The lowest BCUT2D eigenvalue weighted by molar-refractivity contribution is 0.169. The van der Waals surface area contributed by atoms with Crippen LogP contribution in [0.15, 0.2) is 0 Å².